The van der Waals surface area contributed by atoms with Gasteiger partial charge in [-0.2, -0.15) is 0 Å². The van der Waals surface area contributed by atoms with Crippen LogP contribution in [-0.2, 0) is 18.4 Å². The summed E-state index contributed by atoms with van der Waals surface area (Å²) in [6.07, 6.45) is 3.77. The summed E-state index contributed by atoms with van der Waals surface area (Å²) in [6.45, 7) is 0.498. The first-order chi connectivity index (χ1) is 8.18. The number of nitrogens with zero attached hydrogens (tertiary/aromatic N) is 5. The summed E-state index contributed by atoms with van der Waals surface area (Å²) in [5.41, 5.74) is 0. The molecule has 0 N–H and O–H groups in total. The average Bonchev–Trinajstić information content (AvgIpc) is 2.67. The van der Waals surface area contributed by atoms with Crippen molar-refractivity contribution < 1.29 is 4.79 Å². The third kappa shape index (κ3) is 1.71. The second-order valence-corrected chi connectivity index (χ2v) is 5.20. The first-order valence-electron chi connectivity index (χ1n) is 6.14. The topological polar surface area (TPSA) is 63.9 Å². The molecule has 0 aliphatic heterocycles. The summed E-state index contributed by atoms with van der Waals surface area (Å²) in [4.78, 5) is 14.0. The van der Waals surface area contributed by atoms with E-state index < -0.39 is 0 Å². The number of rotatable bonds is 3. The lowest BCUT2D eigenvalue weighted by Crippen LogP contribution is -2.30. The van der Waals surface area contributed by atoms with Gasteiger partial charge >= 0.3 is 0 Å². The van der Waals surface area contributed by atoms with Crippen molar-refractivity contribution in [2.75, 3.05) is 7.05 Å². The van der Waals surface area contributed by atoms with Crippen molar-refractivity contribution in [3.8, 4) is 0 Å². The Morgan fingerprint density at radius 1 is 1.47 bits per heavy atom. The first kappa shape index (κ1) is 10.7. The fraction of sp³-hybridized carbons (Fsp3) is 0.818. The van der Waals surface area contributed by atoms with Gasteiger partial charge in [0.15, 0.2) is 5.82 Å². The maximum absolute atomic E-state index is 12.2. The van der Waals surface area contributed by atoms with Gasteiger partial charge in [0.05, 0.1) is 6.54 Å². The van der Waals surface area contributed by atoms with Gasteiger partial charge in [0.25, 0.3) is 0 Å². The van der Waals surface area contributed by atoms with Crippen LogP contribution in [0.1, 0.15) is 25.1 Å². The van der Waals surface area contributed by atoms with E-state index in [2.05, 4.69) is 15.5 Å². The molecular formula is C11H17N5O. The Bertz CT molecular complexity index is 433. The van der Waals surface area contributed by atoms with Gasteiger partial charge in [-0.3, -0.25) is 4.79 Å². The van der Waals surface area contributed by atoms with Crippen molar-refractivity contribution in [3.63, 3.8) is 0 Å². The minimum atomic E-state index is 0.266. The third-order valence-corrected chi connectivity index (χ3v) is 4.15. The van der Waals surface area contributed by atoms with Crippen molar-refractivity contribution in [2.24, 2.45) is 24.8 Å². The number of amides is 1. The second kappa shape index (κ2) is 3.78. The zero-order valence-electron chi connectivity index (χ0n) is 10.2. The summed E-state index contributed by atoms with van der Waals surface area (Å²) >= 11 is 0. The maximum Gasteiger partial charge on any atom is 0.226 e. The van der Waals surface area contributed by atoms with Crippen LogP contribution in [0.25, 0.3) is 0 Å². The molecule has 1 aromatic heterocycles. The van der Waals surface area contributed by atoms with Gasteiger partial charge in [-0.05, 0) is 35.1 Å². The quantitative estimate of drug-likeness (QED) is 0.751. The Morgan fingerprint density at radius 2 is 2.18 bits per heavy atom. The van der Waals surface area contributed by atoms with E-state index >= 15 is 0 Å². The predicted molar refractivity (Wildman–Crippen MR) is 59.6 cm³/mol. The highest BCUT2D eigenvalue weighted by Crippen LogP contribution is 2.58. The van der Waals surface area contributed by atoms with Gasteiger partial charge in [0.1, 0.15) is 0 Å². The fourth-order valence-electron chi connectivity index (χ4n) is 3.11. The fourth-order valence-corrected chi connectivity index (χ4v) is 3.11. The molecule has 3 rings (SSSR count). The second-order valence-electron chi connectivity index (χ2n) is 5.20. The van der Waals surface area contributed by atoms with E-state index in [9.17, 15) is 4.79 Å². The summed E-state index contributed by atoms with van der Waals surface area (Å²) in [5.74, 6) is 2.62. The third-order valence-electron chi connectivity index (χ3n) is 4.15. The zero-order valence-corrected chi connectivity index (χ0v) is 10.2. The van der Waals surface area contributed by atoms with Crippen LogP contribution in [0.15, 0.2) is 0 Å². The summed E-state index contributed by atoms with van der Waals surface area (Å²) in [5, 5.41) is 11.2. The van der Waals surface area contributed by atoms with E-state index in [1.807, 2.05) is 7.05 Å². The van der Waals surface area contributed by atoms with Crippen LogP contribution in [0.4, 0.5) is 0 Å². The van der Waals surface area contributed by atoms with Crippen LogP contribution in [0.5, 0.6) is 0 Å². The van der Waals surface area contributed by atoms with E-state index in [-0.39, 0.29) is 11.8 Å². The average molecular weight is 235 g/mol. The molecule has 6 heteroatoms. The molecule has 2 aliphatic rings. The first-order valence-corrected chi connectivity index (χ1v) is 6.14. The molecule has 2 unspecified atom stereocenters. The number of hydrogen-bond acceptors (Lipinski definition) is 4. The number of aryl methyl sites for hydroxylation is 1. The number of hydrogen-bond donors (Lipinski definition) is 0. The molecule has 2 fully saturated rings. The minimum absolute atomic E-state index is 0.266. The van der Waals surface area contributed by atoms with Gasteiger partial charge in [0, 0.05) is 20.0 Å². The lowest BCUT2D eigenvalue weighted by Gasteiger charge is -2.17. The summed E-state index contributed by atoms with van der Waals surface area (Å²) in [6, 6.07) is 0. The Hall–Kier alpha value is -1.46. The molecule has 1 aromatic rings. The molecule has 92 valence electrons. The van der Waals surface area contributed by atoms with Crippen LogP contribution in [-0.4, -0.2) is 38.1 Å². The van der Waals surface area contributed by atoms with E-state index in [0.29, 0.717) is 18.4 Å². The van der Waals surface area contributed by atoms with Crippen molar-refractivity contribution >= 4 is 5.91 Å². The van der Waals surface area contributed by atoms with Crippen LogP contribution in [0.2, 0.25) is 0 Å². The van der Waals surface area contributed by atoms with Gasteiger partial charge in [-0.15, -0.1) is 5.10 Å². The summed E-state index contributed by atoms with van der Waals surface area (Å²) in [7, 11) is 3.63. The number of carbonyl (C=O) groups excluding carboxylic acids is 1. The smallest absolute Gasteiger partial charge is 0.226 e. The van der Waals surface area contributed by atoms with E-state index in [1.165, 1.54) is 19.3 Å². The monoisotopic (exact) mass is 235 g/mol. The number of fused-ring (bicyclic) bond motifs is 1. The molecule has 0 aromatic carbocycles. The molecule has 0 radical (unpaired) electrons. The normalized spacial score (nSPS) is 30.1. The zero-order chi connectivity index (χ0) is 12.0. The Balaban J connectivity index is 1.61. The van der Waals surface area contributed by atoms with Gasteiger partial charge in [0.2, 0.25) is 5.91 Å². The van der Waals surface area contributed by atoms with E-state index in [0.717, 1.165) is 5.82 Å². The maximum atomic E-state index is 12.2. The van der Waals surface area contributed by atoms with Gasteiger partial charge in [-0.1, -0.05) is 6.42 Å². The molecule has 1 heterocycles. The van der Waals surface area contributed by atoms with Gasteiger partial charge < -0.3 is 4.90 Å². The van der Waals surface area contributed by atoms with Crippen molar-refractivity contribution in [1.29, 1.82) is 0 Å². The molecule has 17 heavy (non-hydrogen) atoms. The summed E-state index contributed by atoms with van der Waals surface area (Å²) < 4.78 is 1.61. The van der Waals surface area contributed by atoms with E-state index in [1.54, 1.807) is 16.6 Å². The van der Waals surface area contributed by atoms with Crippen LogP contribution in [0.3, 0.4) is 0 Å². The number of carbonyl (C=O) groups is 1. The molecule has 1 amide bonds. The highest BCUT2D eigenvalue weighted by Gasteiger charge is 2.57. The van der Waals surface area contributed by atoms with Crippen molar-refractivity contribution in [3.05, 3.63) is 5.82 Å². The SMILES string of the molecule is CN(Cc1nnnn1C)C(=O)C1C2CCCC21. The lowest BCUT2D eigenvalue weighted by molar-refractivity contribution is -0.132. The predicted octanol–water partition coefficient (Wildman–Crippen LogP) is 0.215. The highest BCUT2D eigenvalue weighted by atomic mass is 16.2. The highest BCUT2D eigenvalue weighted by molar-refractivity contribution is 5.82. The van der Waals surface area contributed by atoms with Crippen LogP contribution in [0, 0.1) is 17.8 Å². The molecule has 2 saturated carbocycles. The molecular weight excluding hydrogens is 218 g/mol. The van der Waals surface area contributed by atoms with E-state index in [4.69, 9.17) is 0 Å². The standard InChI is InChI=1S/C11H17N5O/c1-15(6-9-12-13-14-16(9)2)11(17)10-7-4-3-5-8(7)10/h7-8,10H,3-6H2,1-2H3. The van der Waals surface area contributed by atoms with Gasteiger partial charge in [-0.25, -0.2) is 4.68 Å². The number of tetrazole rings is 1. The Morgan fingerprint density at radius 3 is 2.76 bits per heavy atom. The Labute approximate surface area is 100.0 Å². The van der Waals surface area contributed by atoms with Crippen LogP contribution >= 0.6 is 0 Å². The van der Waals surface area contributed by atoms with Crippen molar-refractivity contribution in [1.82, 2.24) is 25.1 Å². The number of aromatic nitrogens is 4. The largest absolute Gasteiger partial charge is 0.338 e. The molecule has 0 spiro atoms. The molecule has 2 aliphatic carbocycles. The lowest BCUT2D eigenvalue weighted by atomic mass is 10.1. The minimum Gasteiger partial charge on any atom is -0.338 e. The molecule has 6 nitrogen and oxygen atoms in total. The molecule has 0 saturated heterocycles. The molecule has 0 bridgehead atoms. The van der Waals surface area contributed by atoms with Crippen molar-refractivity contribution in [2.45, 2.75) is 25.8 Å². The Kier molecular flexibility index (Phi) is 2.38. The van der Waals surface area contributed by atoms with Crippen LogP contribution < -0.4 is 0 Å². The molecule has 2 atom stereocenters.